The Morgan fingerprint density at radius 2 is 1.94 bits per heavy atom. The summed E-state index contributed by atoms with van der Waals surface area (Å²) >= 11 is 0. The SMILES string of the molecule is COC(=O)CCCOc1cc2c(cc1OC)c(=O)n1n2CCCC1CO.O=CC(F)F.OF. The molecule has 0 saturated carbocycles. The van der Waals surface area contributed by atoms with Crippen molar-refractivity contribution in [1.82, 2.24) is 9.36 Å². The molecular formula is C20H27F3N2O8. The molecule has 1 aromatic heterocycles. The molecule has 0 amide bonds. The maximum Gasteiger partial charge on any atom is 0.305 e. The number of esters is 1. The summed E-state index contributed by atoms with van der Waals surface area (Å²) in [5.41, 5.74) is 0.631. The first-order valence-electron chi connectivity index (χ1n) is 9.91. The lowest BCUT2D eigenvalue weighted by Crippen LogP contribution is -2.33. The molecule has 2 N–H and O–H groups in total. The number of aromatic nitrogens is 2. The van der Waals surface area contributed by atoms with Gasteiger partial charge in [0, 0.05) is 19.0 Å². The zero-order valence-corrected chi connectivity index (χ0v) is 18.2. The molecule has 33 heavy (non-hydrogen) atoms. The van der Waals surface area contributed by atoms with Crippen molar-refractivity contribution in [2.75, 3.05) is 27.4 Å². The topological polar surface area (TPSA) is 129 Å². The van der Waals surface area contributed by atoms with Crippen molar-refractivity contribution in [2.45, 2.75) is 44.7 Å². The van der Waals surface area contributed by atoms with Crippen molar-refractivity contribution >= 4 is 23.2 Å². The van der Waals surface area contributed by atoms with Gasteiger partial charge in [0.15, 0.2) is 17.8 Å². The van der Waals surface area contributed by atoms with E-state index in [-0.39, 0.29) is 30.6 Å². The molecule has 1 aromatic carbocycles. The van der Waals surface area contributed by atoms with E-state index in [0.717, 1.165) is 18.4 Å². The summed E-state index contributed by atoms with van der Waals surface area (Å²) in [6, 6.07) is 3.27. The highest BCUT2D eigenvalue weighted by Gasteiger charge is 2.25. The minimum absolute atomic E-state index is 0.0652. The van der Waals surface area contributed by atoms with Crippen LogP contribution in [-0.2, 0) is 20.9 Å². The summed E-state index contributed by atoms with van der Waals surface area (Å²) in [4.78, 5) is 32.7. The van der Waals surface area contributed by atoms with Crippen molar-refractivity contribution in [3.8, 4) is 11.5 Å². The van der Waals surface area contributed by atoms with E-state index in [1.165, 1.54) is 14.2 Å². The largest absolute Gasteiger partial charge is 0.493 e. The number of carbonyl (C=O) groups excluding carboxylic acids is 2. The Labute approximate surface area is 186 Å². The lowest BCUT2D eigenvalue weighted by atomic mass is 10.1. The van der Waals surface area contributed by atoms with Gasteiger partial charge < -0.3 is 19.3 Å². The number of rotatable bonds is 8. The van der Waals surface area contributed by atoms with Gasteiger partial charge >= 0.3 is 5.97 Å². The summed E-state index contributed by atoms with van der Waals surface area (Å²) in [5.74, 6) is 0.716. The number of alkyl halides is 2. The van der Waals surface area contributed by atoms with Crippen LogP contribution in [0.25, 0.3) is 10.9 Å². The highest BCUT2D eigenvalue weighted by molar-refractivity contribution is 5.83. The first-order valence-corrected chi connectivity index (χ1v) is 9.91. The van der Waals surface area contributed by atoms with Gasteiger partial charge in [0.25, 0.3) is 12.0 Å². The van der Waals surface area contributed by atoms with E-state index in [1.54, 1.807) is 16.8 Å². The van der Waals surface area contributed by atoms with Gasteiger partial charge in [0.2, 0.25) is 0 Å². The fraction of sp³-hybridized carbons (Fsp3) is 0.550. The molecule has 0 aliphatic carbocycles. The molecule has 1 unspecified atom stereocenters. The van der Waals surface area contributed by atoms with Crippen LogP contribution in [0.15, 0.2) is 16.9 Å². The number of hydrogen-bond donors (Lipinski definition) is 2. The summed E-state index contributed by atoms with van der Waals surface area (Å²) in [5, 5.41) is 15.6. The zero-order chi connectivity index (χ0) is 25.0. The fourth-order valence-corrected chi connectivity index (χ4v) is 3.41. The van der Waals surface area contributed by atoms with E-state index in [2.05, 4.69) is 4.74 Å². The van der Waals surface area contributed by atoms with Crippen molar-refractivity contribution in [3.63, 3.8) is 0 Å². The number of methoxy groups -OCH3 is 2. The average Bonchev–Trinajstić information content (AvgIpc) is 3.13. The molecule has 10 nitrogen and oxygen atoms in total. The van der Waals surface area contributed by atoms with Crippen molar-refractivity contribution in [1.29, 1.82) is 0 Å². The number of aryl methyl sites for hydroxylation is 1. The van der Waals surface area contributed by atoms with Crippen LogP contribution in [0.5, 0.6) is 11.5 Å². The van der Waals surface area contributed by atoms with E-state index in [9.17, 15) is 23.5 Å². The Morgan fingerprint density at radius 1 is 1.27 bits per heavy atom. The van der Waals surface area contributed by atoms with Gasteiger partial charge in [-0.1, -0.05) is 4.53 Å². The minimum Gasteiger partial charge on any atom is -0.493 e. The van der Waals surface area contributed by atoms with E-state index in [1.807, 2.05) is 4.68 Å². The standard InChI is InChI=1S/C18H24N2O6.C2H2F2O.FHO/c1-24-15-9-13-14(10-16(15)26-8-4-6-17(22)25-2)19-7-3-5-12(11-21)20(19)18(13)23;3-2(4)1-5;1-2/h9-10,12,21H,3-8,11H2,1-2H3;1-2H;2H. The molecule has 0 saturated heterocycles. The Balaban J connectivity index is 0.000000689. The molecule has 1 aliphatic rings. The molecule has 13 heteroatoms. The molecule has 3 rings (SSSR count). The van der Waals surface area contributed by atoms with E-state index in [0.29, 0.717) is 36.5 Å². The second-order valence-electron chi connectivity index (χ2n) is 6.77. The van der Waals surface area contributed by atoms with Crippen LogP contribution in [0.3, 0.4) is 0 Å². The number of carbonyl (C=O) groups is 2. The quantitative estimate of drug-likeness (QED) is 0.332. The average molecular weight is 480 g/mol. The third-order valence-corrected chi connectivity index (χ3v) is 4.84. The predicted octanol–water partition coefficient (Wildman–Crippen LogP) is 1.78. The van der Waals surface area contributed by atoms with E-state index in [4.69, 9.17) is 24.1 Å². The van der Waals surface area contributed by atoms with Crippen LogP contribution in [0.2, 0.25) is 0 Å². The minimum atomic E-state index is -2.80. The first kappa shape index (κ1) is 28.0. The molecule has 0 radical (unpaired) electrons. The smallest absolute Gasteiger partial charge is 0.305 e. The van der Waals surface area contributed by atoms with Crippen LogP contribution < -0.4 is 15.0 Å². The Hall–Kier alpha value is -3.06. The monoisotopic (exact) mass is 480 g/mol. The fourth-order valence-electron chi connectivity index (χ4n) is 3.41. The summed E-state index contributed by atoms with van der Waals surface area (Å²) in [7, 11) is 2.88. The van der Waals surface area contributed by atoms with Crippen LogP contribution in [0.4, 0.5) is 13.3 Å². The van der Waals surface area contributed by atoms with Crippen molar-refractivity contribution in [3.05, 3.63) is 22.5 Å². The number of hydrogen-bond acceptors (Lipinski definition) is 8. The third kappa shape index (κ3) is 7.22. The molecule has 186 valence electrons. The maximum absolute atomic E-state index is 12.8. The number of fused-ring (bicyclic) bond motifs is 3. The van der Waals surface area contributed by atoms with Crippen LogP contribution in [0.1, 0.15) is 31.7 Å². The van der Waals surface area contributed by atoms with Gasteiger partial charge in [-0.05, 0) is 25.3 Å². The maximum atomic E-state index is 12.8. The number of nitrogens with zero attached hydrogens (tertiary/aromatic N) is 2. The first-order chi connectivity index (χ1) is 15.9. The highest BCUT2D eigenvalue weighted by Crippen LogP contribution is 2.33. The Bertz CT molecular complexity index is 961. The summed E-state index contributed by atoms with van der Waals surface area (Å²) in [6.07, 6.45) is -0.736. The number of aliphatic hydroxyl groups is 1. The molecule has 2 heterocycles. The van der Waals surface area contributed by atoms with Gasteiger partial charge in [-0.3, -0.25) is 19.1 Å². The molecule has 0 bridgehead atoms. The number of benzene rings is 1. The molecule has 1 aliphatic heterocycles. The van der Waals surface area contributed by atoms with Gasteiger partial charge in [-0.15, -0.1) is 0 Å². The third-order valence-electron chi connectivity index (χ3n) is 4.84. The number of halogens is 3. The number of aldehydes is 1. The molecule has 2 aromatic rings. The lowest BCUT2D eigenvalue weighted by molar-refractivity contribution is -0.140. The van der Waals surface area contributed by atoms with Crippen molar-refractivity contribution < 1.29 is 47.5 Å². The molecule has 0 fully saturated rings. The van der Waals surface area contributed by atoms with Crippen LogP contribution in [-0.4, -0.2) is 65.9 Å². The predicted molar refractivity (Wildman–Crippen MR) is 110 cm³/mol. The van der Waals surface area contributed by atoms with Gasteiger partial charge in [0.1, 0.15) is 0 Å². The van der Waals surface area contributed by atoms with E-state index < -0.39 is 12.7 Å². The van der Waals surface area contributed by atoms with Gasteiger partial charge in [-0.2, -0.15) is 0 Å². The van der Waals surface area contributed by atoms with Crippen LogP contribution >= 0.6 is 0 Å². The van der Waals surface area contributed by atoms with Crippen molar-refractivity contribution in [2.24, 2.45) is 0 Å². The van der Waals surface area contributed by atoms with E-state index >= 15 is 0 Å². The lowest BCUT2D eigenvalue weighted by Gasteiger charge is -2.25. The normalized spacial score (nSPS) is 14.4. The second kappa shape index (κ2) is 14.2. The number of aliphatic hydroxyl groups excluding tert-OH is 1. The summed E-state index contributed by atoms with van der Waals surface area (Å²) in [6.45, 7) is 0.981. The molecule has 1 atom stereocenters. The molecular weight excluding hydrogens is 453 g/mol. The number of ether oxygens (including phenoxy) is 3. The van der Waals surface area contributed by atoms with Gasteiger partial charge in [-0.25, -0.2) is 18.8 Å². The van der Waals surface area contributed by atoms with Crippen LogP contribution in [0, 0.1) is 0 Å². The molecule has 0 spiro atoms. The summed E-state index contributed by atoms with van der Waals surface area (Å²) < 4.78 is 48.6. The zero-order valence-electron chi connectivity index (χ0n) is 18.2. The second-order valence-corrected chi connectivity index (χ2v) is 6.77. The van der Waals surface area contributed by atoms with Gasteiger partial charge in [0.05, 0.1) is 44.4 Å². The highest BCUT2D eigenvalue weighted by atomic mass is 19.3. The Kier molecular flexibility index (Phi) is 12.0. The Morgan fingerprint density at radius 3 is 2.48 bits per heavy atom.